The molecular weight excluding hydrogens is 711 g/mol. The third-order valence-corrected chi connectivity index (χ3v) is 12.2. The molecule has 0 aromatic heterocycles. The van der Waals surface area contributed by atoms with Crippen LogP contribution in [0, 0.1) is 13.8 Å². The number of fused-ring (bicyclic) bond motifs is 6. The molecule has 1 aliphatic carbocycles. The fourth-order valence-electron chi connectivity index (χ4n) is 9.29. The van der Waals surface area contributed by atoms with E-state index < -0.39 is 0 Å². The van der Waals surface area contributed by atoms with Crippen LogP contribution in [0.25, 0.3) is 88.3 Å². The number of nitrogens with zero attached hydrogens (tertiary/aromatic N) is 1. The molecule has 1 nitrogen and oxygen atoms in total. The Morgan fingerprint density at radius 2 is 0.695 bits per heavy atom. The zero-order valence-electron chi connectivity index (χ0n) is 33.2. The predicted octanol–water partition coefficient (Wildman–Crippen LogP) is 16.4. The highest BCUT2D eigenvalue weighted by atomic mass is 15.1. The van der Waals surface area contributed by atoms with Gasteiger partial charge in [-0.05, 0) is 150 Å². The van der Waals surface area contributed by atoms with Crippen molar-refractivity contribution in [1.29, 1.82) is 0 Å². The maximum Gasteiger partial charge on any atom is 0.0497 e. The van der Waals surface area contributed by atoms with Gasteiger partial charge in [-0.25, -0.2) is 0 Å². The molecule has 0 aliphatic heterocycles. The third kappa shape index (κ3) is 5.86. The average Bonchev–Trinajstić information content (AvgIpc) is 3.30. The van der Waals surface area contributed by atoms with E-state index in [2.05, 4.69) is 231 Å². The molecule has 278 valence electrons. The lowest BCUT2D eigenvalue weighted by atomic mass is 9.70. The maximum absolute atomic E-state index is 2.48. The molecule has 0 spiro atoms. The molecule has 0 unspecified atom stereocenters. The van der Waals surface area contributed by atoms with Crippen LogP contribution in [0.15, 0.2) is 212 Å². The summed E-state index contributed by atoms with van der Waals surface area (Å²) >= 11 is 0. The lowest BCUT2D eigenvalue weighted by Gasteiger charge is -2.33. The SMILES string of the molecule is Cc1ccc(-c2ccccc2)cc1N(c1ccc2cc3c(cc2c1)-c1c-3c(-c2ccccc2)c2ccccc2c1-c1ccccc1)c1cc(-c2ccccc2)ccc1C. The summed E-state index contributed by atoms with van der Waals surface area (Å²) < 4.78 is 0. The van der Waals surface area contributed by atoms with Gasteiger partial charge in [-0.2, -0.15) is 0 Å². The van der Waals surface area contributed by atoms with Crippen molar-refractivity contribution in [2.75, 3.05) is 4.90 Å². The third-order valence-electron chi connectivity index (χ3n) is 12.2. The van der Waals surface area contributed by atoms with E-state index in [1.807, 2.05) is 0 Å². The van der Waals surface area contributed by atoms with E-state index in [4.69, 9.17) is 0 Å². The van der Waals surface area contributed by atoms with Crippen LogP contribution in [-0.4, -0.2) is 0 Å². The minimum Gasteiger partial charge on any atom is -0.310 e. The first-order valence-electron chi connectivity index (χ1n) is 20.5. The summed E-state index contributed by atoms with van der Waals surface area (Å²) in [6.45, 7) is 4.46. The summed E-state index contributed by atoms with van der Waals surface area (Å²) in [4.78, 5) is 2.48. The molecule has 0 amide bonds. The van der Waals surface area contributed by atoms with E-state index in [1.54, 1.807) is 0 Å². The molecule has 0 saturated carbocycles. The number of aryl methyl sites for hydroxylation is 2. The van der Waals surface area contributed by atoms with E-state index >= 15 is 0 Å². The molecule has 10 aromatic rings. The monoisotopic (exact) mass is 751 g/mol. The predicted molar refractivity (Wildman–Crippen MR) is 252 cm³/mol. The van der Waals surface area contributed by atoms with Crippen LogP contribution in [0.2, 0.25) is 0 Å². The summed E-state index contributed by atoms with van der Waals surface area (Å²) in [6.07, 6.45) is 0. The molecule has 0 radical (unpaired) electrons. The molecule has 0 bridgehead atoms. The molecule has 0 heterocycles. The van der Waals surface area contributed by atoms with Crippen LogP contribution in [0.3, 0.4) is 0 Å². The van der Waals surface area contributed by atoms with E-state index in [0.717, 1.165) is 5.69 Å². The Kier molecular flexibility index (Phi) is 8.34. The van der Waals surface area contributed by atoms with Gasteiger partial charge in [0.15, 0.2) is 0 Å². The Hall–Kier alpha value is -7.48. The van der Waals surface area contributed by atoms with Crippen LogP contribution in [0.1, 0.15) is 11.1 Å². The van der Waals surface area contributed by atoms with Gasteiger partial charge in [0.05, 0.1) is 0 Å². The first kappa shape index (κ1) is 34.7. The van der Waals surface area contributed by atoms with Gasteiger partial charge in [-0.1, -0.05) is 176 Å². The minimum absolute atomic E-state index is 1.13. The molecule has 0 saturated heterocycles. The van der Waals surface area contributed by atoms with E-state index in [1.165, 1.54) is 111 Å². The molecular formula is C58H41N. The van der Waals surface area contributed by atoms with Crippen molar-refractivity contribution in [3.8, 4) is 66.8 Å². The van der Waals surface area contributed by atoms with Crippen molar-refractivity contribution in [3.63, 3.8) is 0 Å². The van der Waals surface area contributed by atoms with Gasteiger partial charge in [0, 0.05) is 17.1 Å². The normalized spacial score (nSPS) is 11.6. The summed E-state index contributed by atoms with van der Waals surface area (Å²) in [5.74, 6) is 0. The van der Waals surface area contributed by atoms with Gasteiger partial charge >= 0.3 is 0 Å². The van der Waals surface area contributed by atoms with Crippen LogP contribution >= 0.6 is 0 Å². The van der Waals surface area contributed by atoms with Crippen LogP contribution in [0.4, 0.5) is 17.1 Å². The van der Waals surface area contributed by atoms with Crippen molar-refractivity contribution >= 4 is 38.6 Å². The molecule has 1 aliphatic rings. The lowest BCUT2D eigenvalue weighted by molar-refractivity contribution is 1.23. The van der Waals surface area contributed by atoms with E-state index in [-0.39, 0.29) is 0 Å². The topological polar surface area (TPSA) is 3.24 Å². The fourth-order valence-corrected chi connectivity index (χ4v) is 9.29. The van der Waals surface area contributed by atoms with Gasteiger partial charge in [0.1, 0.15) is 0 Å². The van der Waals surface area contributed by atoms with Gasteiger partial charge in [-0.15, -0.1) is 0 Å². The molecule has 0 atom stereocenters. The minimum atomic E-state index is 1.13. The largest absolute Gasteiger partial charge is 0.310 e. The van der Waals surface area contributed by atoms with E-state index in [9.17, 15) is 0 Å². The zero-order chi connectivity index (χ0) is 39.5. The summed E-state index contributed by atoms with van der Waals surface area (Å²) in [7, 11) is 0. The van der Waals surface area contributed by atoms with Crippen LogP contribution < -0.4 is 4.90 Å². The highest BCUT2D eigenvalue weighted by molar-refractivity contribution is 6.26. The van der Waals surface area contributed by atoms with Crippen molar-refractivity contribution in [3.05, 3.63) is 223 Å². The van der Waals surface area contributed by atoms with Gasteiger partial charge in [-0.3, -0.25) is 0 Å². The highest BCUT2D eigenvalue weighted by Gasteiger charge is 2.33. The number of benzene rings is 10. The molecule has 59 heavy (non-hydrogen) atoms. The highest BCUT2D eigenvalue weighted by Crippen LogP contribution is 2.60. The molecule has 1 heteroatoms. The second kappa shape index (κ2) is 14.2. The van der Waals surface area contributed by atoms with Crippen molar-refractivity contribution < 1.29 is 0 Å². The first-order valence-corrected chi connectivity index (χ1v) is 20.5. The number of hydrogen-bond donors (Lipinski definition) is 0. The van der Waals surface area contributed by atoms with Gasteiger partial charge in [0.25, 0.3) is 0 Å². The fraction of sp³-hybridized carbons (Fsp3) is 0.0345. The molecule has 10 aromatic carbocycles. The van der Waals surface area contributed by atoms with Crippen molar-refractivity contribution in [1.82, 2.24) is 0 Å². The Labute approximate surface area is 346 Å². The summed E-state index contributed by atoms with van der Waals surface area (Å²) in [5.41, 5.74) is 21.1. The lowest BCUT2D eigenvalue weighted by Crippen LogP contribution is -2.13. The van der Waals surface area contributed by atoms with Crippen LogP contribution in [0.5, 0.6) is 0 Å². The summed E-state index contributed by atoms with van der Waals surface area (Å²) in [5, 5.41) is 5.02. The van der Waals surface area contributed by atoms with E-state index in [0.29, 0.717) is 0 Å². The Morgan fingerprint density at radius 3 is 1.15 bits per heavy atom. The van der Waals surface area contributed by atoms with Gasteiger partial charge in [0.2, 0.25) is 0 Å². The number of hydrogen-bond acceptors (Lipinski definition) is 1. The zero-order valence-corrected chi connectivity index (χ0v) is 33.2. The van der Waals surface area contributed by atoms with Crippen LogP contribution in [-0.2, 0) is 0 Å². The standard InChI is InChI=1S/C58H41N/c1-38-27-29-45(40-17-7-3-8-18-40)36-53(38)59(54-37-46(30-28-39(54)2)41-19-9-4-10-20-41)48-32-31-44-34-51-52(35-47(44)33-48)58-56(43-23-13-6-14-24-43)50-26-16-15-25-49(50)55(57(51)58)42-21-11-5-12-22-42/h3-37H,1-2H3. The average molecular weight is 752 g/mol. The molecule has 0 N–H and O–H groups in total. The second-order valence-electron chi connectivity index (χ2n) is 15.8. The maximum atomic E-state index is 2.48. The Bertz CT molecular complexity index is 3110. The number of anilines is 3. The smallest absolute Gasteiger partial charge is 0.0497 e. The second-order valence-corrected chi connectivity index (χ2v) is 15.8. The molecule has 0 fully saturated rings. The summed E-state index contributed by atoms with van der Waals surface area (Å²) in [6, 6.07) is 77.9. The Morgan fingerprint density at radius 1 is 0.288 bits per heavy atom. The number of rotatable bonds is 7. The van der Waals surface area contributed by atoms with Gasteiger partial charge < -0.3 is 4.90 Å². The van der Waals surface area contributed by atoms with Crippen molar-refractivity contribution in [2.45, 2.75) is 13.8 Å². The first-order chi connectivity index (χ1) is 29.1. The molecule has 11 rings (SSSR count). The Balaban J connectivity index is 1.14. The quantitative estimate of drug-likeness (QED) is 0.157. The van der Waals surface area contributed by atoms with Crippen molar-refractivity contribution in [2.24, 2.45) is 0 Å².